The third-order valence-corrected chi connectivity index (χ3v) is 6.28. The molecule has 0 radical (unpaired) electrons. The summed E-state index contributed by atoms with van der Waals surface area (Å²) in [5.74, 6) is 0.627. The fourth-order valence-corrected chi connectivity index (χ4v) is 4.53. The van der Waals surface area contributed by atoms with Crippen LogP contribution in [0, 0.1) is 5.92 Å². The quantitative estimate of drug-likeness (QED) is 0.696. The second-order valence-corrected chi connectivity index (χ2v) is 8.19. The van der Waals surface area contributed by atoms with Crippen molar-refractivity contribution in [3.63, 3.8) is 0 Å². The minimum absolute atomic E-state index is 0.0358. The van der Waals surface area contributed by atoms with Crippen LogP contribution in [-0.2, 0) is 9.53 Å². The number of nitrogens with zero attached hydrogens (tertiary/aromatic N) is 5. The molecule has 1 aliphatic heterocycles. The SMILES string of the molecule is O=C(Nc1cc2nc(-c3cnccn3)ccc2cn1)C1CCC(N2CCOCC2)CC1. The first kappa shape index (κ1) is 20.0. The number of fused-ring (bicyclic) bond motifs is 1. The first-order chi connectivity index (χ1) is 15.3. The van der Waals surface area contributed by atoms with Gasteiger partial charge in [-0.05, 0) is 37.8 Å². The molecule has 1 aliphatic carbocycles. The van der Waals surface area contributed by atoms with E-state index in [0.29, 0.717) is 17.6 Å². The van der Waals surface area contributed by atoms with Crippen LogP contribution >= 0.6 is 0 Å². The van der Waals surface area contributed by atoms with Crippen LogP contribution in [0.2, 0.25) is 0 Å². The molecule has 1 amide bonds. The molecule has 2 fully saturated rings. The number of pyridine rings is 2. The number of anilines is 1. The van der Waals surface area contributed by atoms with E-state index < -0.39 is 0 Å². The van der Waals surface area contributed by atoms with Gasteiger partial charge in [0.15, 0.2) is 0 Å². The Morgan fingerprint density at radius 2 is 1.84 bits per heavy atom. The van der Waals surface area contributed by atoms with Gasteiger partial charge < -0.3 is 10.1 Å². The van der Waals surface area contributed by atoms with Gasteiger partial charge in [0.05, 0.1) is 30.6 Å². The molecule has 8 heteroatoms. The highest BCUT2D eigenvalue weighted by Crippen LogP contribution is 2.29. The van der Waals surface area contributed by atoms with Crippen molar-refractivity contribution in [3.8, 4) is 11.4 Å². The molecule has 1 N–H and O–H groups in total. The third kappa shape index (κ3) is 4.55. The molecule has 3 aromatic rings. The Labute approximate surface area is 181 Å². The Balaban J connectivity index is 1.24. The summed E-state index contributed by atoms with van der Waals surface area (Å²) in [5, 5.41) is 3.92. The van der Waals surface area contributed by atoms with E-state index in [1.807, 2.05) is 18.2 Å². The molecular weight excluding hydrogens is 392 g/mol. The summed E-state index contributed by atoms with van der Waals surface area (Å²) < 4.78 is 5.45. The van der Waals surface area contributed by atoms with Crippen LogP contribution in [0.15, 0.2) is 43.0 Å². The zero-order valence-corrected chi connectivity index (χ0v) is 17.4. The van der Waals surface area contributed by atoms with Crippen molar-refractivity contribution in [1.29, 1.82) is 0 Å². The summed E-state index contributed by atoms with van der Waals surface area (Å²) in [5.41, 5.74) is 2.22. The average Bonchev–Trinajstić information content (AvgIpc) is 2.85. The van der Waals surface area contributed by atoms with Crippen LogP contribution in [0.5, 0.6) is 0 Å². The van der Waals surface area contributed by atoms with Gasteiger partial charge in [0.1, 0.15) is 11.5 Å². The summed E-state index contributed by atoms with van der Waals surface area (Å²) in [6.07, 6.45) is 10.7. The van der Waals surface area contributed by atoms with Gasteiger partial charge in [-0.1, -0.05) is 0 Å². The molecule has 8 nitrogen and oxygen atoms in total. The highest BCUT2D eigenvalue weighted by molar-refractivity contribution is 5.93. The van der Waals surface area contributed by atoms with E-state index in [0.717, 1.165) is 68.6 Å². The summed E-state index contributed by atoms with van der Waals surface area (Å²) in [7, 11) is 0. The highest BCUT2D eigenvalue weighted by Gasteiger charge is 2.30. The van der Waals surface area contributed by atoms with Gasteiger partial charge in [0.2, 0.25) is 5.91 Å². The number of carbonyl (C=O) groups is 1. The van der Waals surface area contributed by atoms with Gasteiger partial charge in [0.25, 0.3) is 0 Å². The normalized spacial score (nSPS) is 22.3. The Bertz CT molecular complexity index is 1050. The number of carbonyl (C=O) groups excluding carboxylic acids is 1. The van der Waals surface area contributed by atoms with Crippen molar-refractivity contribution in [1.82, 2.24) is 24.8 Å². The first-order valence-corrected chi connectivity index (χ1v) is 10.9. The number of hydrogen-bond acceptors (Lipinski definition) is 7. The van der Waals surface area contributed by atoms with E-state index in [-0.39, 0.29) is 11.8 Å². The van der Waals surface area contributed by atoms with E-state index in [9.17, 15) is 4.79 Å². The number of ether oxygens (including phenoxy) is 1. The fourth-order valence-electron chi connectivity index (χ4n) is 4.53. The molecule has 31 heavy (non-hydrogen) atoms. The second-order valence-electron chi connectivity index (χ2n) is 8.19. The van der Waals surface area contributed by atoms with E-state index in [4.69, 9.17) is 4.74 Å². The van der Waals surface area contributed by atoms with Gasteiger partial charge in [-0.25, -0.2) is 9.97 Å². The topological polar surface area (TPSA) is 93.1 Å². The lowest BCUT2D eigenvalue weighted by atomic mass is 9.84. The van der Waals surface area contributed by atoms with Crippen LogP contribution in [0.1, 0.15) is 25.7 Å². The van der Waals surface area contributed by atoms with E-state index in [2.05, 4.69) is 30.2 Å². The number of morpholine rings is 1. The Hall–Kier alpha value is -2.97. The minimum atomic E-state index is 0.0358. The zero-order valence-electron chi connectivity index (χ0n) is 17.4. The molecule has 5 rings (SSSR count). The number of amides is 1. The molecule has 1 saturated carbocycles. The highest BCUT2D eigenvalue weighted by atomic mass is 16.5. The molecule has 0 atom stereocenters. The summed E-state index contributed by atoms with van der Waals surface area (Å²) in [6.45, 7) is 3.65. The lowest BCUT2D eigenvalue weighted by Crippen LogP contribution is -2.45. The van der Waals surface area contributed by atoms with E-state index >= 15 is 0 Å². The van der Waals surface area contributed by atoms with Crippen LogP contribution < -0.4 is 5.32 Å². The number of nitrogens with one attached hydrogen (secondary N) is 1. The van der Waals surface area contributed by atoms with Crippen molar-refractivity contribution in [2.75, 3.05) is 31.6 Å². The smallest absolute Gasteiger partial charge is 0.228 e. The maximum Gasteiger partial charge on any atom is 0.228 e. The largest absolute Gasteiger partial charge is 0.379 e. The van der Waals surface area contributed by atoms with Gasteiger partial charge in [-0.2, -0.15) is 0 Å². The molecule has 0 aromatic carbocycles. The van der Waals surface area contributed by atoms with E-state index in [1.165, 1.54) is 0 Å². The predicted molar refractivity (Wildman–Crippen MR) is 117 cm³/mol. The van der Waals surface area contributed by atoms with Gasteiger partial charge in [-0.15, -0.1) is 0 Å². The monoisotopic (exact) mass is 418 g/mol. The second kappa shape index (κ2) is 9.03. The minimum Gasteiger partial charge on any atom is -0.379 e. The molecule has 0 unspecified atom stereocenters. The average molecular weight is 419 g/mol. The number of hydrogen-bond donors (Lipinski definition) is 1. The Morgan fingerprint density at radius 1 is 1.00 bits per heavy atom. The fraction of sp³-hybridized carbons (Fsp3) is 0.435. The van der Waals surface area contributed by atoms with E-state index in [1.54, 1.807) is 24.8 Å². The lowest BCUT2D eigenvalue weighted by Gasteiger charge is -2.38. The van der Waals surface area contributed by atoms with Crippen molar-refractivity contribution < 1.29 is 9.53 Å². The van der Waals surface area contributed by atoms with Crippen molar-refractivity contribution in [2.24, 2.45) is 5.92 Å². The molecule has 0 spiro atoms. The van der Waals surface area contributed by atoms with Crippen LogP contribution in [0.4, 0.5) is 5.82 Å². The molecule has 1 saturated heterocycles. The summed E-state index contributed by atoms with van der Waals surface area (Å²) in [4.78, 5) is 32.9. The van der Waals surface area contributed by atoms with Crippen LogP contribution in [-0.4, -0.2) is 63.1 Å². The maximum atomic E-state index is 12.9. The number of rotatable bonds is 4. The molecular formula is C23H26N6O2. The standard InChI is InChI=1S/C23H26N6O2/c30-23(16-1-4-18(5-2-16)29-9-11-31-12-10-29)28-22-13-20-17(14-26-22)3-6-19(27-20)21-15-24-7-8-25-21/h3,6-8,13-16,18H,1-2,4-5,9-12H2,(H,26,28,30). The third-order valence-electron chi connectivity index (χ3n) is 6.28. The van der Waals surface area contributed by atoms with Crippen molar-refractivity contribution in [2.45, 2.75) is 31.7 Å². The molecule has 3 aromatic heterocycles. The first-order valence-electron chi connectivity index (χ1n) is 10.9. The van der Waals surface area contributed by atoms with Gasteiger partial charge >= 0.3 is 0 Å². The molecule has 0 bridgehead atoms. The van der Waals surface area contributed by atoms with Crippen molar-refractivity contribution in [3.05, 3.63) is 43.0 Å². The molecule has 2 aliphatic rings. The number of aromatic nitrogens is 4. The lowest BCUT2D eigenvalue weighted by molar-refractivity contribution is -0.121. The van der Waals surface area contributed by atoms with Crippen molar-refractivity contribution >= 4 is 22.6 Å². The maximum absolute atomic E-state index is 12.9. The Kier molecular flexibility index (Phi) is 5.82. The van der Waals surface area contributed by atoms with Crippen LogP contribution in [0.25, 0.3) is 22.3 Å². The zero-order chi connectivity index (χ0) is 21.0. The molecule has 160 valence electrons. The summed E-state index contributed by atoms with van der Waals surface area (Å²) >= 11 is 0. The van der Waals surface area contributed by atoms with Gasteiger partial charge in [0, 0.05) is 55.1 Å². The predicted octanol–water partition coefficient (Wildman–Crippen LogP) is 2.92. The summed E-state index contributed by atoms with van der Waals surface area (Å²) in [6, 6.07) is 6.26. The van der Waals surface area contributed by atoms with Crippen LogP contribution in [0.3, 0.4) is 0 Å². The molecule has 4 heterocycles. The Morgan fingerprint density at radius 3 is 2.61 bits per heavy atom. The van der Waals surface area contributed by atoms with Gasteiger partial charge in [-0.3, -0.25) is 19.7 Å².